The zero-order chi connectivity index (χ0) is 11.3. The third-order valence-corrected chi connectivity index (χ3v) is 2.13. The molecule has 0 unspecified atom stereocenters. The predicted octanol–water partition coefficient (Wildman–Crippen LogP) is 2.12. The maximum Gasteiger partial charge on any atom is 0.351 e. The lowest BCUT2D eigenvalue weighted by atomic mass is 10.1. The molecule has 1 aromatic rings. The number of hydrogen-bond donors (Lipinski definition) is 1. The van der Waals surface area contributed by atoms with Crippen LogP contribution in [0, 0.1) is 0 Å². The standard InChI is InChI=1S/C11H12ClNO2/c1-2-15-11(14)9(12)10(13)8-6-4-3-5-7-8/h3-7H,2,13H2,1H3/b10-9-. The van der Waals surface area contributed by atoms with Crippen molar-refractivity contribution in [1.29, 1.82) is 0 Å². The third-order valence-electron chi connectivity index (χ3n) is 1.78. The molecule has 3 nitrogen and oxygen atoms in total. The highest BCUT2D eigenvalue weighted by Crippen LogP contribution is 2.17. The third kappa shape index (κ3) is 2.99. The minimum Gasteiger partial charge on any atom is -0.462 e. The number of hydrogen-bond acceptors (Lipinski definition) is 3. The van der Waals surface area contributed by atoms with Crippen LogP contribution in [0.15, 0.2) is 35.4 Å². The quantitative estimate of drug-likeness (QED) is 0.633. The molecule has 80 valence electrons. The first-order valence-corrected chi connectivity index (χ1v) is 4.92. The summed E-state index contributed by atoms with van der Waals surface area (Å²) in [7, 11) is 0. The fourth-order valence-electron chi connectivity index (χ4n) is 1.05. The van der Waals surface area contributed by atoms with Crippen molar-refractivity contribution >= 4 is 23.3 Å². The van der Waals surface area contributed by atoms with Crippen LogP contribution in [-0.4, -0.2) is 12.6 Å². The molecule has 1 aromatic carbocycles. The molecule has 2 N–H and O–H groups in total. The van der Waals surface area contributed by atoms with Crippen LogP contribution in [0.2, 0.25) is 0 Å². The molecule has 0 saturated carbocycles. The van der Waals surface area contributed by atoms with Crippen LogP contribution in [0.3, 0.4) is 0 Å². The van der Waals surface area contributed by atoms with Crippen LogP contribution >= 0.6 is 11.6 Å². The summed E-state index contributed by atoms with van der Waals surface area (Å²) < 4.78 is 4.74. The largest absolute Gasteiger partial charge is 0.462 e. The first kappa shape index (κ1) is 11.6. The van der Waals surface area contributed by atoms with Crippen molar-refractivity contribution in [2.45, 2.75) is 6.92 Å². The smallest absolute Gasteiger partial charge is 0.351 e. The van der Waals surface area contributed by atoms with Crippen LogP contribution in [0.4, 0.5) is 0 Å². The summed E-state index contributed by atoms with van der Waals surface area (Å²) in [5, 5.41) is -0.0805. The fraction of sp³-hybridized carbons (Fsp3) is 0.182. The molecule has 0 spiro atoms. The number of benzene rings is 1. The number of rotatable bonds is 3. The van der Waals surface area contributed by atoms with E-state index in [9.17, 15) is 4.79 Å². The van der Waals surface area contributed by atoms with E-state index in [1.807, 2.05) is 18.2 Å². The molecule has 0 aliphatic rings. The molecule has 4 heteroatoms. The minimum absolute atomic E-state index is 0.0805. The number of halogens is 1. The lowest BCUT2D eigenvalue weighted by Gasteiger charge is -2.05. The topological polar surface area (TPSA) is 52.3 Å². The number of carbonyl (C=O) groups is 1. The number of esters is 1. The van der Waals surface area contributed by atoms with Gasteiger partial charge in [-0.25, -0.2) is 4.79 Å². The van der Waals surface area contributed by atoms with E-state index in [-0.39, 0.29) is 17.3 Å². The molecule has 0 aliphatic carbocycles. The Morgan fingerprint density at radius 3 is 2.53 bits per heavy atom. The Bertz CT molecular complexity index is 373. The zero-order valence-corrected chi connectivity index (χ0v) is 9.12. The summed E-state index contributed by atoms with van der Waals surface area (Å²) in [5.41, 5.74) is 6.65. The van der Waals surface area contributed by atoms with Crippen LogP contribution < -0.4 is 5.73 Å². The second-order valence-electron chi connectivity index (χ2n) is 2.81. The van der Waals surface area contributed by atoms with Gasteiger partial charge in [0.1, 0.15) is 5.03 Å². The van der Waals surface area contributed by atoms with E-state index in [0.29, 0.717) is 5.56 Å². The van der Waals surface area contributed by atoms with E-state index in [4.69, 9.17) is 22.1 Å². The van der Waals surface area contributed by atoms with Crippen molar-refractivity contribution in [2.24, 2.45) is 5.73 Å². The Labute approximate surface area is 93.5 Å². The molecule has 0 aliphatic heterocycles. The lowest BCUT2D eigenvalue weighted by Crippen LogP contribution is -2.09. The highest BCUT2D eigenvalue weighted by Gasteiger charge is 2.12. The minimum atomic E-state index is -0.597. The van der Waals surface area contributed by atoms with E-state index in [2.05, 4.69) is 0 Å². The maximum atomic E-state index is 11.3. The van der Waals surface area contributed by atoms with Gasteiger partial charge in [0.25, 0.3) is 0 Å². The average Bonchev–Trinajstić information content (AvgIpc) is 2.28. The van der Waals surface area contributed by atoms with Gasteiger partial charge in [0.05, 0.1) is 12.3 Å². The van der Waals surface area contributed by atoms with E-state index in [1.165, 1.54) is 0 Å². The molecule has 0 amide bonds. The Balaban J connectivity index is 2.95. The first-order chi connectivity index (χ1) is 7.16. The van der Waals surface area contributed by atoms with E-state index in [0.717, 1.165) is 0 Å². The van der Waals surface area contributed by atoms with Gasteiger partial charge in [0.15, 0.2) is 0 Å². The normalized spacial score (nSPS) is 11.9. The first-order valence-electron chi connectivity index (χ1n) is 4.54. The molecular weight excluding hydrogens is 214 g/mol. The van der Waals surface area contributed by atoms with Crippen molar-refractivity contribution in [3.8, 4) is 0 Å². The molecule has 0 bridgehead atoms. The van der Waals surface area contributed by atoms with Gasteiger partial charge in [0, 0.05) is 0 Å². The molecular formula is C11H12ClNO2. The maximum absolute atomic E-state index is 11.3. The Morgan fingerprint density at radius 1 is 1.40 bits per heavy atom. The van der Waals surface area contributed by atoms with Gasteiger partial charge in [-0.05, 0) is 12.5 Å². The van der Waals surface area contributed by atoms with Crippen molar-refractivity contribution in [1.82, 2.24) is 0 Å². The fourth-order valence-corrected chi connectivity index (χ4v) is 1.21. The predicted molar refractivity (Wildman–Crippen MR) is 60.0 cm³/mol. The number of nitrogens with two attached hydrogens (primary N) is 1. The van der Waals surface area contributed by atoms with Crippen LogP contribution in [-0.2, 0) is 9.53 Å². The number of carbonyl (C=O) groups excluding carboxylic acids is 1. The second kappa shape index (κ2) is 5.41. The zero-order valence-electron chi connectivity index (χ0n) is 8.37. The average molecular weight is 226 g/mol. The Hall–Kier alpha value is -1.48. The SMILES string of the molecule is CCOC(=O)/C(Cl)=C(/N)c1ccccc1. The van der Waals surface area contributed by atoms with Crippen LogP contribution in [0.25, 0.3) is 5.70 Å². The Morgan fingerprint density at radius 2 is 2.00 bits per heavy atom. The van der Waals surface area contributed by atoms with Crippen molar-refractivity contribution < 1.29 is 9.53 Å². The summed E-state index contributed by atoms with van der Waals surface area (Å²) >= 11 is 5.78. The summed E-state index contributed by atoms with van der Waals surface area (Å²) in [5.74, 6) is -0.597. The van der Waals surface area contributed by atoms with E-state index in [1.54, 1.807) is 19.1 Å². The van der Waals surface area contributed by atoms with Crippen molar-refractivity contribution in [3.05, 3.63) is 40.9 Å². The van der Waals surface area contributed by atoms with Gasteiger partial charge < -0.3 is 10.5 Å². The van der Waals surface area contributed by atoms with Crippen molar-refractivity contribution in [3.63, 3.8) is 0 Å². The monoisotopic (exact) mass is 225 g/mol. The molecule has 0 heterocycles. The molecule has 0 atom stereocenters. The van der Waals surface area contributed by atoms with E-state index >= 15 is 0 Å². The highest BCUT2D eigenvalue weighted by molar-refractivity contribution is 6.44. The van der Waals surface area contributed by atoms with Gasteiger partial charge in [0.2, 0.25) is 0 Å². The Kier molecular flexibility index (Phi) is 4.18. The number of ether oxygens (including phenoxy) is 1. The van der Waals surface area contributed by atoms with Gasteiger partial charge in [-0.2, -0.15) is 0 Å². The van der Waals surface area contributed by atoms with Crippen LogP contribution in [0.1, 0.15) is 12.5 Å². The molecule has 1 rings (SSSR count). The van der Waals surface area contributed by atoms with E-state index < -0.39 is 5.97 Å². The van der Waals surface area contributed by atoms with Gasteiger partial charge >= 0.3 is 5.97 Å². The van der Waals surface area contributed by atoms with Gasteiger partial charge in [-0.1, -0.05) is 41.9 Å². The van der Waals surface area contributed by atoms with Crippen molar-refractivity contribution in [2.75, 3.05) is 6.61 Å². The van der Waals surface area contributed by atoms with Crippen LogP contribution in [0.5, 0.6) is 0 Å². The highest BCUT2D eigenvalue weighted by atomic mass is 35.5. The summed E-state index contributed by atoms with van der Waals surface area (Å²) in [6.45, 7) is 1.98. The molecule has 15 heavy (non-hydrogen) atoms. The van der Waals surface area contributed by atoms with Gasteiger partial charge in [-0.15, -0.1) is 0 Å². The molecule has 0 fully saturated rings. The molecule has 0 saturated heterocycles. The summed E-state index contributed by atoms with van der Waals surface area (Å²) in [4.78, 5) is 11.3. The summed E-state index contributed by atoms with van der Waals surface area (Å²) in [6, 6.07) is 9.04. The second-order valence-corrected chi connectivity index (χ2v) is 3.19. The lowest BCUT2D eigenvalue weighted by molar-refractivity contribution is -0.137. The van der Waals surface area contributed by atoms with Gasteiger partial charge in [-0.3, -0.25) is 0 Å². The molecule has 0 aromatic heterocycles. The summed E-state index contributed by atoms with van der Waals surface area (Å²) in [6.07, 6.45) is 0. The molecule has 0 radical (unpaired) electrons.